The molecule has 18 heavy (non-hydrogen) atoms. The van der Waals surface area contributed by atoms with Gasteiger partial charge < -0.3 is 5.32 Å². The molecule has 0 spiro atoms. The molecule has 0 unspecified atom stereocenters. The Labute approximate surface area is 112 Å². The number of benzene rings is 1. The van der Waals surface area contributed by atoms with Crippen LogP contribution in [0, 0.1) is 10.1 Å². The Balaban J connectivity index is 2.78. The summed E-state index contributed by atoms with van der Waals surface area (Å²) in [6.45, 7) is 4.92. The lowest BCUT2D eigenvalue weighted by molar-refractivity contribution is -0.384. The molecule has 4 nitrogen and oxygen atoms in total. The minimum Gasteiger partial charge on any atom is -0.380 e. The van der Waals surface area contributed by atoms with E-state index in [0.29, 0.717) is 5.69 Å². The predicted octanol–water partition coefficient (Wildman–Crippen LogP) is 4.06. The third-order valence-corrected chi connectivity index (χ3v) is 3.68. The Hall–Kier alpha value is -1.23. The van der Waals surface area contributed by atoms with Crippen molar-refractivity contribution in [3.63, 3.8) is 0 Å². The molecule has 0 aliphatic rings. The van der Waals surface area contributed by atoms with Crippen molar-refractivity contribution in [3.05, 3.63) is 33.9 Å². The molecule has 0 fully saturated rings. The summed E-state index contributed by atoms with van der Waals surface area (Å²) in [5.41, 5.74) is 1.81. The van der Waals surface area contributed by atoms with Crippen LogP contribution >= 0.6 is 11.8 Å². The summed E-state index contributed by atoms with van der Waals surface area (Å²) in [6, 6.07) is 5.46. The minimum absolute atomic E-state index is 0.179. The van der Waals surface area contributed by atoms with Crippen molar-refractivity contribution in [1.82, 2.24) is 0 Å². The first-order valence-electron chi connectivity index (χ1n) is 6.28. The SMILES string of the molecule is CCCNc1ccc(CSCCC)cc1[N+](=O)[O-]. The Morgan fingerprint density at radius 1 is 1.33 bits per heavy atom. The van der Waals surface area contributed by atoms with E-state index in [1.807, 2.05) is 30.8 Å². The van der Waals surface area contributed by atoms with Gasteiger partial charge in [0, 0.05) is 18.4 Å². The molecule has 5 heteroatoms. The zero-order valence-electron chi connectivity index (χ0n) is 10.9. The molecule has 0 heterocycles. The maximum absolute atomic E-state index is 11.0. The van der Waals surface area contributed by atoms with Gasteiger partial charge in [-0.25, -0.2) is 0 Å². The molecule has 1 aromatic carbocycles. The van der Waals surface area contributed by atoms with Crippen LogP contribution in [-0.4, -0.2) is 17.2 Å². The van der Waals surface area contributed by atoms with Crippen LogP contribution in [0.25, 0.3) is 0 Å². The molecular weight excluding hydrogens is 248 g/mol. The zero-order chi connectivity index (χ0) is 13.4. The van der Waals surface area contributed by atoms with Gasteiger partial charge >= 0.3 is 0 Å². The van der Waals surface area contributed by atoms with Gasteiger partial charge in [-0.2, -0.15) is 11.8 Å². The maximum atomic E-state index is 11.0. The normalized spacial score (nSPS) is 10.3. The minimum atomic E-state index is -0.314. The molecule has 1 aromatic rings. The van der Waals surface area contributed by atoms with E-state index in [1.165, 1.54) is 0 Å². The van der Waals surface area contributed by atoms with Crippen LogP contribution in [-0.2, 0) is 5.75 Å². The largest absolute Gasteiger partial charge is 0.380 e. The number of thioether (sulfide) groups is 1. The van der Waals surface area contributed by atoms with Gasteiger partial charge in [0.25, 0.3) is 5.69 Å². The first-order valence-corrected chi connectivity index (χ1v) is 7.43. The fourth-order valence-electron chi connectivity index (χ4n) is 1.56. The van der Waals surface area contributed by atoms with Gasteiger partial charge in [0.15, 0.2) is 0 Å². The van der Waals surface area contributed by atoms with E-state index in [0.717, 1.165) is 36.5 Å². The van der Waals surface area contributed by atoms with Crippen molar-refractivity contribution in [3.8, 4) is 0 Å². The van der Waals surface area contributed by atoms with Crippen LogP contribution in [0.1, 0.15) is 32.3 Å². The molecule has 0 radical (unpaired) electrons. The highest BCUT2D eigenvalue weighted by molar-refractivity contribution is 7.98. The van der Waals surface area contributed by atoms with Crippen molar-refractivity contribution in [2.75, 3.05) is 17.6 Å². The van der Waals surface area contributed by atoms with E-state index in [-0.39, 0.29) is 10.6 Å². The van der Waals surface area contributed by atoms with E-state index in [9.17, 15) is 10.1 Å². The third kappa shape index (κ3) is 4.56. The number of rotatable bonds is 8. The number of hydrogen-bond donors (Lipinski definition) is 1. The highest BCUT2D eigenvalue weighted by Gasteiger charge is 2.13. The van der Waals surface area contributed by atoms with Crippen molar-refractivity contribution in [2.45, 2.75) is 32.4 Å². The molecule has 0 aromatic heterocycles. The van der Waals surface area contributed by atoms with E-state index >= 15 is 0 Å². The summed E-state index contributed by atoms with van der Waals surface area (Å²) in [7, 11) is 0. The van der Waals surface area contributed by atoms with Gasteiger partial charge in [0.2, 0.25) is 0 Å². The number of nitrogens with one attached hydrogen (secondary N) is 1. The van der Waals surface area contributed by atoms with Crippen LogP contribution in [0.4, 0.5) is 11.4 Å². The van der Waals surface area contributed by atoms with E-state index < -0.39 is 0 Å². The van der Waals surface area contributed by atoms with Crippen LogP contribution < -0.4 is 5.32 Å². The van der Waals surface area contributed by atoms with Crippen LogP contribution in [0.5, 0.6) is 0 Å². The van der Waals surface area contributed by atoms with E-state index in [1.54, 1.807) is 6.07 Å². The molecule has 1 N–H and O–H groups in total. The Morgan fingerprint density at radius 3 is 2.72 bits per heavy atom. The smallest absolute Gasteiger partial charge is 0.292 e. The molecule has 0 aliphatic carbocycles. The number of nitrogens with zero attached hydrogens (tertiary/aromatic N) is 1. The van der Waals surface area contributed by atoms with Crippen molar-refractivity contribution < 1.29 is 4.92 Å². The first-order chi connectivity index (χ1) is 8.69. The second-order valence-electron chi connectivity index (χ2n) is 4.09. The van der Waals surface area contributed by atoms with Gasteiger partial charge in [0.1, 0.15) is 5.69 Å². The fraction of sp³-hybridized carbons (Fsp3) is 0.538. The highest BCUT2D eigenvalue weighted by atomic mass is 32.2. The lowest BCUT2D eigenvalue weighted by Gasteiger charge is -2.07. The van der Waals surface area contributed by atoms with Gasteiger partial charge in [-0.05, 0) is 30.2 Å². The molecule has 0 amide bonds. The summed E-state index contributed by atoms with van der Waals surface area (Å²) in [5.74, 6) is 1.92. The summed E-state index contributed by atoms with van der Waals surface area (Å²) in [6.07, 6.45) is 2.08. The molecule has 0 aliphatic heterocycles. The summed E-state index contributed by atoms with van der Waals surface area (Å²) in [4.78, 5) is 10.7. The standard InChI is InChI=1S/C13H20N2O2S/c1-3-7-14-12-6-5-11(10-18-8-4-2)9-13(12)15(16)17/h5-6,9,14H,3-4,7-8,10H2,1-2H3. The van der Waals surface area contributed by atoms with Crippen LogP contribution in [0.2, 0.25) is 0 Å². The molecule has 0 saturated carbocycles. The fourth-order valence-corrected chi connectivity index (χ4v) is 2.41. The molecule has 100 valence electrons. The molecular formula is C13H20N2O2S. The van der Waals surface area contributed by atoms with Crippen molar-refractivity contribution in [1.29, 1.82) is 0 Å². The monoisotopic (exact) mass is 268 g/mol. The maximum Gasteiger partial charge on any atom is 0.292 e. The number of nitro groups is 1. The average molecular weight is 268 g/mol. The van der Waals surface area contributed by atoms with Gasteiger partial charge in [-0.15, -0.1) is 0 Å². The lowest BCUT2D eigenvalue weighted by atomic mass is 10.2. The zero-order valence-corrected chi connectivity index (χ0v) is 11.8. The quantitative estimate of drug-likeness (QED) is 0.439. The van der Waals surface area contributed by atoms with Crippen molar-refractivity contribution >= 4 is 23.1 Å². The van der Waals surface area contributed by atoms with Crippen molar-refractivity contribution in [2.24, 2.45) is 0 Å². The number of hydrogen-bond acceptors (Lipinski definition) is 4. The van der Waals surface area contributed by atoms with Gasteiger partial charge in [-0.3, -0.25) is 10.1 Å². The number of anilines is 1. The highest BCUT2D eigenvalue weighted by Crippen LogP contribution is 2.27. The third-order valence-electron chi connectivity index (χ3n) is 2.44. The van der Waals surface area contributed by atoms with Crippen LogP contribution in [0.15, 0.2) is 18.2 Å². The first kappa shape index (κ1) is 14.8. The summed E-state index contributed by atoms with van der Waals surface area (Å²) < 4.78 is 0. The average Bonchev–Trinajstić information content (AvgIpc) is 2.37. The number of nitro benzene ring substituents is 1. The molecule has 0 atom stereocenters. The Kier molecular flexibility index (Phi) is 6.57. The van der Waals surface area contributed by atoms with E-state index in [4.69, 9.17) is 0 Å². The summed E-state index contributed by atoms with van der Waals surface area (Å²) >= 11 is 1.81. The lowest BCUT2D eigenvalue weighted by Crippen LogP contribution is -2.03. The Bertz CT molecular complexity index is 397. The topological polar surface area (TPSA) is 55.2 Å². The molecule has 0 bridgehead atoms. The summed E-state index contributed by atoms with van der Waals surface area (Å²) in [5, 5.41) is 14.1. The Morgan fingerprint density at radius 2 is 2.11 bits per heavy atom. The van der Waals surface area contributed by atoms with Gasteiger partial charge in [-0.1, -0.05) is 19.9 Å². The molecule has 1 rings (SSSR count). The second-order valence-corrected chi connectivity index (χ2v) is 5.19. The van der Waals surface area contributed by atoms with Gasteiger partial charge in [0.05, 0.1) is 4.92 Å². The molecule has 0 saturated heterocycles. The van der Waals surface area contributed by atoms with Crippen LogP contribution in [0.3, 0.4) is 0 Å². The van der Waals surface area contributed by atoms with E-state index in [2.05, 4.69) is 12.2 Å². The second kappa shape index (κ2) is 7.97. The predicted molar refractivity (Wildman–Crippen MR) is 78.3 cm³/mol.